The quantitative estimate of drug-likeness (QED) is 0.411. The van der Waals surface area contributed by atoms with Gasteiger partial charge in [-0.15, -0.1) is 0 Å². The standard InChI is InChI=1S/C10H21NO5S2/c1-16-10(13)4-2-9-18(14,15)11-5-8-17-7-3-6-12/h11-12H,2-9H2,1H3. The van der Waals surface area contributed by atoms with Crippen LogP contribution in [0, 0.1) is 0 Å². The summed E-state index contributed by atoms with van der Waals surface area (Å²) in [5.41, 5.74) is 0. The summed E-state index contributed by atoms with van der Waals surface area (Å²) in [6, 6.07) is 0. The van der Waals surface area contributed by atoms with Gasteiger partial charge < -0.3 is 9.84 Å². The highest BCUT2D eigenvalue weighted by Crippen LogP contribution is 2.01. The second-order valence-corrected chi connectivity index (χ2v) is 6.73. The third-order valence-electron chi connectivity index (χ3n) is 2.04. The predicted molar refractivity (Wildman–Crippen MR) is 72.1 cm³/mol. The second kappa shape index (κ2) is 10.6. The van der Waals surface area contributed by atoms with Crippen molar-refractivity contribution in [1.82, 2.24) is 4.72 Å². The number of thioether (sulfide) groups is 1. The van der Waals surface area contributed by atoms with Gasteiger partial charge in [-0.2, -0.15) is 11.8 Å². The molecule has 0 aliphatic rings. The fraction of sp³-hybridized carbons (Fsp3) is 0.900. The van der Waals surface area contributed by atoms with Crippen molar-refractivity contribution in [2.45, 2.75) is 19.3 Å². The average molecular weight is 299 g/mol. The Kier molecular flexibility index (Phi) is 10.4. The van der Waals surface area contributed by atoms with Crippen LogP contribution in [0.2, 0.25) is 0 Å². The van der Waals surface area contributed by atoms with Gasteiger partial charge in [-0.3, -0.25) is 4.79 Å². The summed E-state index contributed by atoms with van der Waals surface area (Å²) in [4.78, 5) is 10.8. The molecule has 0 aromatic heterocycles. The monoisotopic (exact) mass is 299 g/mol. The van der Waals surface area contributed by atoms with Gasteiger partial charge >= 0.3 is 5.97 Å². The molecule has 0 saturated carbocycles. The van der Waals surface area contributed by atoms with Crippen molar-refractivity contribution in [1.29, 1.82) is 0 Å². The zero-order chi connectivity index (χ0) is 13.9. The van der Waals surface area contributed by atoms with E-state index in [0.717, 1.165) is 12.2 Å². The van der Waals surface area contributed by atoms with Crippen molar-refractivity contribution in [3.63, 3.8) is 0 Å². The molecule has 0 rings (SSSR count). The van der Waals surface area contributed by atoms with Crippen molar-refractivity contribution in [2.75, 3.05) is 37.5 Å². The molecule has 108 valence electrons. The van der Waals surface area contributed by atoms with Gasteiger partial charge in [-0.1, -0.05) is 0 Å². The van der Waals surface area contributed by atoms with E-state index >= 15 is 0 Å². The van der Waals surface area contributed by atoms with Gasteiger partial charge in [0.1, 0.15) is 0 Å². The number of hydrogen-bond donors (Lipinski definition) is 2. The van der Waals surface area contributed by atoms with Crippen LogP contribution in [-0.2, 0) is 19.6 Å². The van der Waals surface area contributed by atoms with Gasteiger partial charge in [0.15, 0.2) is 0 Å². The Bertz CT molecular complexity index is 318. The minimum Gasteiger partial charge on any atom is -0.469 e. The Morgan fingerprint density at radius 2 is 2.06 bits per heavy atom. The van der Waals surface area contributed by atoms with E-state index in [1.165, 1.54) is 7.11 Å². The first-order valence-electron chi connectivity index (χ1n) is 5.74. The van der Waals surface area contributed by atoms with Gasteiger partial charge in [0, 0.05) is 25.3 Å². The van der Waals surface area contributed by atoms with Crippen LogP contribution in [-0.4, -0.2) is 57.0 Å². The molecule has 0 atom stereocenters. The van der Waals surface area contributed by atoms with Crippen molar-refractivity contribution in [3.05, 3.63) is 0 Å². The lowest BCUT2D eigenvalue weighted by molar-refractivity contribution is -0.140. The van der Waals surface area contributed by atoms with Gasteiger partial charge in [0.2, 0.25) is 10.0 Å². The molecule has 0 heterocycles. The molecule has 0 fully saturated rings. The molecule has 0 aliphatic carbocycles. The molecular weight excluding hydrogens is 278 g/mol. The molecule has 0 spiro atoms. The number of methoxy groups -OCH3 is 1. The number of ether oxygens (including phenoxy) is 1. The molecule has 0 amide bonds. The van der Waals surface area contributed by atoms with Crippen molar-refractivity contribution < 1.29 is 23.1 Å². The molecule has 0 aliphatic heterocycles. The molecular formula is C10H21NO5S2. The summed E-state index contributed by atoms with van der Waals surface area (Å²) in [7, 11) is -2.02. The average Bonchev–Trinajstić information content (AvgIpc) is 2.33. The van der Waals surface area contributed by atoms with Crippen molar-refractivity contribution >= 4 is 27.8 Å². The maximum absolute atomic E-state index is 11.5. The summed E-state index contributed by atoms with van der Waals surface area (Å²) in [5, 5.41) is 8.55. The number of hydrogen-bond acceptors (Lipinski definition) is 6. The van der Waals surface area contributed by atoms with Crippen LogP contribution in [0.4, 0.5) is 0 Å². The number of carbonyl (C=O) groups is 1. The zero-order valence-electron chi connectivity index (χ0n) is 10.6. The fourth-order valence-corrected chi connectivity index (χ4v) is 3.11. The molecule has 0 aromatic carbocycles. The van der Waals surface area contributed by atoms with Gasteiger partial charge in [-0.25, -0.2) is 13.1 Å². The highest BCUT2D eigenvalue weighted by Gasteiger charge is 2.10. The largest absolute Gasteiger partial charge is 0.469 e. The van der Waals surface area contributed by atoms with E-state index in [9.17, 15) is 13.2 Å². The highest BCUT2D eigenvalue weighted by molar-refractivity contribution is 7.99. The molecule has 0 radical (unpaired) electrons. The number of aliphatic hydroxyl groups is 1. The Labute approximate surface area is 113 Å². The van der Waals surface area contributed by atoms with Crippen LogP contribution in [0.3, 0.4) is 0 Å². The number of rotatable bonds is 11. The maximum atomic E-state index is 11.5. The van der Waals surface area contributed by atoms with Crippen molar-refractivity contribution in [3.8, 4) is 0 Å². The third kappa shape index (κ3) is 10.8. The minimum atomic E-state index is -3.30. The number of esters is 1. The molecule has 18 heavy (non-hydrogen) atoms. The lowest BCUT2D eigenvalue weighted by atomic mass is 10.3. The number of sulfonamides is 1. The normalized spacial score (nSPS) is 11.4. The van der Waals surface area contributed by atoms with Crippen LogP contribution in [0.15, 0.2) is 0 Å². The fourth-order valence-electron chi connectivity index (χ4n) is 1.12. The van der Waals surface area contributed by atoms with E-state index < -0.39 is 16.0 Å². The smallest absolute Gasteiger partial charge is 0.305 e. The van der Waals surface area contributed by atoms with E-state index in [-0.39, 0.29) is 25.2 Å². The van der Waals surface area contributed by atoms with E-state index in [2.05, 4.69) is 9.46 Å². The number of nitrogens with one attached hydrogen (secondary N) is 1. The van der Waals surface area contributed by atoms with Crippen molar-refractivity contribution in [2.24, 2.45) is 0 Å². The predicted octanol–water partition coefficient (Wildman–Crippen LogP) is -0.0254. The van der Waals surface area contributed by atoms with Crippen LogP contribution in [0.25, 0.3) is 0 Å². The third-order valence-corrected chi connectivity index (χ3v) is 4.58. The molecule has 8 heteroatoms. The first-order chi connectivity index (χ1) is 8.52. The summed E-state index contributed by atoms with van der Waals surface area (Å²) in [5.74, 6) is 1.03. The summed E-state index contributed by atoms with van der Waals surface area (Å²) in [6.45, 7) is 0.531. The lowest BCUT2D eigenvalue weighted by Gasteiger charge is -2.06. The van der Waals surface area contributed by atoms with Gasteiger partial charge in [0.25, 0.3) is 0 Å². The molecule has 0 unspecified atom stereocenters. The summed E-state index contributed by atoms with van der Waals surface area (Å²) >= 11 is 1.59. The zero-order valence-corrected chi connectivity index (χ0v) is 12.2. The molecule has 2 N–H and O–H groups in total. The Morgan fingerprint density at radius 3 is 2.67 bits per heavy atom. The topological polar surface area (TPSA) is 92.7 Å². The SMILES string of the molecule is COC(=O)CCCS(=O)(=O)NCCSCCCO. The first-order valence-corrected chi connectivity index (χ1v) is 8.55. The lowest BCUT2D eigenvalue weighted by Crippen LogP contribution is -2.28. The summed E-state index contributed by atoms with van der Waals surface area (Å²) < 4.78 is 29.8. The Hall–Kier alpha value is -0.310. The minimum absolute atomic E-state index is 0.0661. The summed E-state index contributed by atoms with van der Waals surface area (Å²) in [6.07, 6.45) is 1.10. The van der Waals surface area contributed by atoms with Gasteiger partial charge in [0.05, 0.1) is 12.9 Å². The number of carbonyl (C=O) groups excluding carboxylic acids is 1. The van der Waals surface area contributed by atoms with E-state index in [1.54, 1.807) is 11.8 Å². The van der Waals surface area contributed by atoms with Crippen LogP contribution < -0.4 is 4.72 Å². The number of aliphatic hydroxyl groups excluding tert-OH is 1. The highest BCUT2D eigenvalue weighted by atomic mass is 32.2. The molecule has 0 bridgehead atoms. The van der Waals surface area contributed by atoms with E-state index in [4.69, 9.17) is 5.11 Å². The Morgan fingerprint density at radius 1 is 1.33 bits per heavy atom. The molecule has 0 aromatic rings. The van der Waals surface area contributed by atoms with Crippen LogP contribution in [0.1, 0.15) is 19.3 Å². The van der Waals surface area contributed by atoms with Crippen LogP contribution in [0.5, 0.6) is 0 Å². The second-order valence-electron chi connectivity index (χ2n) is 3.58. The Balaban J connectivity index is 3.58. The molecule has 6 nitrogen and oxygen atoms in total. The molecule has 0 saturated heterocycles. The maximum Gasteiger partial charge on any atom is 0.305 e. The van der Waals surface area contributed by atoms with E-state index in [1.807, 2.05) is 0 Å². The van der Waals surface area contributed by atoms with Gasteiger partial charge in [-0.05, 0) is 18.6 Å². The van der Waals surface area contributed by atoms with E-state index in [0.29, 0.717) is 12.3 Å². The first kappa shape index (κ1) is 17.7. The van der Waals surface area contributed by atoms with Crippen LogP contribution >= 0.6 is 11.8 Å².